The molecule has 0 heterocycles. The summed E-state index contributed by atoms with van der Waals surface area (Å²) in [5.74, 6) is -0.0639. The Morgan fingerprint density at radius 2 is 1.83 bits per heavy atom. The smallest absolute Gasteiger partial charge is 0.253 e. The van der Waals surface area contributed by atoms with Gasteiger partial charge in [-0.2, -0.15) is 0 Å². The molecule has 1 fully saturated rings. The molecule has 1 aliphatic carbocycles. The molecule has 2 N–H and O–H groups in total. The van der Waals surface area contributed by atoms with E-state index < -0.39 is 10.0 Å². The molecule has 0 aromatic heterocycles. The van der Waals surface area contributed by atoms with Crippen molar-refractivity contribution in [3.63, 3.8) is 0 Å². The van der Waals surface area contributed by atoms with E-state index in [1.54, 1.807) is 36.4 Å². The number of hydrogen-bond donors (Lipinski definition) is 2. The Bertz CT molecular complexity index is 1150. The zero-order chi connectivity index (χ0) is 25.4. The second kappa shape index (κ2) is 12.3. The first-order valence-electron chi connectivity index (χ1n) is 11.7. The van der Waals surface area contributed by atoms with Crippen molar-refractivity contribution in [2.75, 3.05) is 29.5 Å². The summed E-state index contributed by atoms with van der Waals surface area (Å²) >= 11 is 6.16. The number of carbonyl (C=O) groups is 2. The van der Waals surface area contributed by atoms with Crippen molar-refractivity contribution >= 4 is 44.8 Å². The number of ether oxygens (including phenoxy) is 1. The maximum atomic E-state index is 12.8. The van der Waals surface area contributed by atoms with E-state index in [4.69, 9.17) is 16.3 Å². The fourth-order valence-electron chi connectivity index (χ4n) is 4.19. The molecule has 1 aliphatic rings. The molecule has 2 amide bonds. The van der Waals surface area contributed by atoms with E-state index in [0.717, 1.165) is 31.9 Å². The number of benzene rings is 2. The molecule has 2 aromatic rings. The number of carbonyl (C=O) groups excluding carboxylic acids is 2. The first-order valence-corrected chi connectivity index (χ1v) is 13.9. The predicted octanol–water partition coefficient (Wildman–Crippen LogP) is 4.60. The predicted molar refractivity (Wildman–Crippen MR) is 139 cm³/mol. The molecule has 0 saturated heterocycles. The van der Waals surface area contributed by atoms with Crippen LogP contribution in [-0.2, 0) is 14.8 Å². The quantitative estimate of drug-likeness (QED) is 0.475. The highest BCUT2D eigenvalue weighted by Gasteiger charge is 2.21. The number of rotatable bonds is 10. The molecule has 8 nitrogen and oxygen atoms in total. The van der Waals surface area contributed by atoms with Crippen LogP contribution in [0.3, 0.4) is 0 Å². The van der Waals surface area contributed by atoms with Gasteiger partial charge in [-0.1, -0.05) is 43.0 Å². The highest BCUT2D eigenvalue weighted by Crippen LogP contribution is 2.30. The van der Waals surface area contributed by atoms with Crippen LogP contribution in [0, 0.1) is 0 Å². The van der Waals surface area contributed by atoms with Crippen LogP contribution in [0.5, 0.6) is 5.75 Å². The van der Waals surface area contributed by atoms with Gasteiger partial charge in [0.05, 0.1) is 35.3 Å². The summed E-state index contributed by atoms with van der Waals surface area (Å²) in [4.78, 5) is 25.4. The van der Waals surface area contributed by atoms with Crippen LogP contribution in [0.4, 0.5) is 11.4 Å². The van der Waals surface area contributed by atoms with Gasteiger partial charge in [-0.15, -0.1) is 0 Å². The molecule has 0 atom stereocenters. The Labute approximate surface area is 212 Å². The van der Waals surface area contributed by atoms with Gasteiger partial charge < -0.3 is 15.4 Å². The molecule has 190 valence electrons. The van der Waals surface area contributed by atoms with Crippen molar-refractivity contribution in [2.45, 2.75) is 51.0 Å². The number of anilines is 2. The van der Waals surface area contributed by atoms with E-state index in [0.29, 0.717) is 27.7 Å². The average Bonchev–Trinajstić information content (AvgIpc) is 2.82. The third kappa shape index (κ3) is 7.60. The Balaban J connectivity index is 1.60. The molecular formula is C25H32ClN3O5S. The molecule has 0 unspecified atom stereocenters. The van der Waals surface area contributed by atoms with Gasteiger partial charge in [0.25, 0.3) is 5.91 Å². The molecular weight excluding hydrogens is 490 g/mol. The van der Waals surface area contributed by atoms with Crippen molar-refractivity contribution in [3.05, 3.63) is 53.1 Å². The normalized spacial score (nSPS) is 14.3. The zero-order valence-corrected chi connectivity index (χ0v) is 21.6. The molecule has 2 aromatic carbocycles. The number of sulfonamides is 1. The first kappa shape index (κ1) is 26.8. The maximum absolute atomic E-state index is 12.8. The Morgan fingerprint density at radius 3 is 2.49 bits per heavy atom. The molecule has 35 heavy (non-hydrogen) atoms. The minimum absolute atomic E-state index is 0.0779. The van der Waals surface area contributed by atoms with Crippen LogP contribution in [0.2, 0.25) is 5.02 Å². The van der Waals surface area contributed by atoms with Crippen LogP contribution in [-0.4, -0.2) is 46.2 Å². The number of amides is 2. The van der Waals surface area contributed by atoms with E-state index in [1.807, 2.05) is 0 Å². The lowest BCUT2D eigenvalue weighted by molar-refractivity contribution is -0.116. The minimum atomic E-state index is -3.59. The molecule has 10 heteroatoms. The standard InChI is InChI=1S/C25H32ClN3O5S/c1-34-23-15-14-19(17-21(23)26)29(35(2,32)33)16-8-13-24(30)28-22-12-7-6-11-20(22)25(31)27-18-9-4-3-5-10-18/h6-7,11-12,14-15,17-18H,3-5,8-10,13,16H2,1-2H3,(H,27,31)(H,28,30). The van der Waals surface area contributed by atoms with E-state index >= 15 is 0 Å². The third-order valence-corrected chi connectivity index (χ3v) is 7.46. The van der Waals surface area contributed by atoms with Gasteiger partial charge in [0.1, 0.15) is 5.75 Å². The van der Waals surface area contributed by atoms with Gasteiger partial charge in [-0.25, -0.2) is 8.42 Å². The number of para-hydroxylation sites is 1. The fraction of sp³-hybridized carbons (Fsp3) is 0.440. The number of nitrogens with zero attached hydrogens (tertiary/aromatic N) is 1. The van der Waals surface area contributed by atoms with Crippen molar-refractivity contribution < 1.29 is 22.7 Å². The highest BCUT2D eigenvalue weighted by atomic mass is 35.5. The molecule has 1 saturated carbocycles. The lowest BCUT2D eigenvalue weighted by atomic mass is 9.95. The Hall–Kier alpha value is -2.78. The van der Waals surface area contributed by atoms with Gasteiger partial charge >= 0.3 is 0 Å². The van der Waals surface area contributed by atoms with Gasteiger partial charge in [0.2, 0.25) is 15.9 Å². The fourth-order valence-corrected chi connectivity index (χ4v) is 5.40. The van der Waals surface area contributed by atoms with Gasteiger partial charge in [0.15, 0.2) is 0 Å². The largest absolute Gasteiger partial charge is 0.495 e. The second-order valence-electron chi connectivity index (χ2n) is 8.66. The summed E-state index contributed by atoms with van der Waals surface area (Å²) in [6, 6.07) is 11.8. The summed E-state index contributed by atoms with van der Waals surface area (Å²) < 4.78 is 31.0. The molecule has 0 bridgehead atoms. The van der Waals surface area contributed by atoms with Crippen molar-refractivity contribution in [1.29, 1.82) is 0 Å². The summed E-state index contributed by atoms with van der Waals surface area (Å²) in [5, 5.41) is 6.16. The minimum Gasteiger partial charge on any atom is -0.495 e. The topological polar surface area (TPSA) is 105 Å². The average molecular weight is 522 g/mol. The SMILES string of the molecule is COc1ccc(N(CCCC(=O)Nc2ccccc2C(=O)NC2CCCCC2)S(C)(=O)=O)cc1Cl. The number of halogens is 1. The zero-order valence-electron chi connectivity index (χ0n) is 20.1. The lowest BCUT2D eigenvalue weighted by Crippen LogP contribution is -2.36. The van der Waals surface area contributed by atoms with Crippen LogP contribution in [0.1, 0.15) is 55.3 Å². The van der Waals surface area contributed by atoms with E-state index in [2.05, 4.69) is 10.6 Å². The third-order valence-electron chi connectivity index (χ3n) is 5.97. The molecule has 0 aliphatic heterocycles. The first-order chi connectivity index (χ1) is 16.7. The monoisotopic (exact) mass is 521 g/mol. The van der Waals surface area contributed by atoms with Crippen LogP contribution < -0.4 is 19.7 Å². The molecule has 0 spiro atoms. The van der Waals surface area contributed by atoms with E-state index in [9.17, 15) is 18.0 Å². The Kier molecular flexibility index (Phi) is 9.40. The second-order valence-corrected chi connectivity index (χ2v) is 11.0. The van der Waals surface area contributed by atoms with Crippen molar-refractivity contribution in [3.8, 4) is 5.75 Å². The van der Waals surface area contributed by atoms with E-state index in [1.165, 1.54) is 23.9 Å². The summed E-state index contributed by atoms with van der Waals surface area (Å²) in [7, 11) is -2.12. The van der Waals surface area contributed by atoms with Crippen molar-refractivity contribution in [2.24, 2.45) is 0 Å². The Morgan fingerprint density at radius 1 is 1.11 bits per heavy atom. The van der Waals surface area contributed by atoms with Crippen LogP contribution in [0.15, 0.2) is 42.5 Å². The number of hydrogen-bond acceptors (Lipinski definition) is 5. The maximum Gasteiger partial charge on any atom is 0.253 e. The van der Waals surface area contributed by atoms with Crippen molar-refractivity contribution in [1.82, 2.24) is 5.32 Å². The molecule has 0 radical (unpaired) electrons. The summed E-state index contributed by atoms with van der Waals surface area (Å²) in [6.45, 7) is 0.0960. The summed E-state index contributed by atoms with van der Waals surface area (Å²) in [5.41, 5.74) is 1.24. The summed E-state index contributed by atoms with van der Waals surface area (Å²) in [6.07, 6.45) is 6.81. The van der Waals surface area contributed by atoms with Crippen LogP contribution in [0.25, 0.3) is 0 Å². The number of methoxy groups -OCH3 is 1. The highest BCUT2D eigenvalue weighted by molar-refractivity contribution is 7.92. The van der Waals surface area contributed by atoms with Gasteiger partial charge in [-0.3, -0.25) is 13.9 Å². The van der Waals surface area contributed by atoms with E-state index in [-0.39, 0.29) is 37.2 Å². The van der Waals surface area contributed by atoms with Gasteiger partial charge in [0, 0.05) is 19.0 Å². The number of nitrogens with one attached hydrogen (secondary N) is 2. The molecule has 3 rings (SSSR count). The van der Waals surface area contributed by atoms with Gasteiger partial charge in [-0.05, 0) is 49.6 Å². The van der Waals surface area contributed by atoms with Crippen LogP contribution >= 0.6 is 11.6 Å². The lowest BCUT2D eigenvalue weighted by Gasteiger charge is -2.23.